The first-order valence-corrected chi connectivity index (χ1v) is 5.99. The molecule has 0 bridgehead atoms. The van der Waals surface area contributed by atoms with E-state index >= 15 is 0 Å². The summed E-state index contributed by atoms with van der Waals surface area (Å²) in [6.45, 7) is 1.92. The van der Waals surface area contributed by atoms with E-state index in [9.17, 15) is 4.79 Å². The van der Waals surface area contributed by atoms with Crippen LogP contribution in [0.15, 0.2) is 18.6 Å². The topological polar surface area (TPSA) is 49.3 Å². The second-order valence-electron chi connectivity index (χ2n) is 4.41. The molecule has 1 saturated heterocycles. The second kappa shape index (κ2) is 5.61. The fourth-order valence-corrected chi connectivity index (χ4v) is 2.26. The summed E-state index contributed by atoms with van der Waals surface area (Å²) >= 11 is 0. The van der Waals surface area contributed by atoms with Crippen molar-refractivity contribution in [1.29, 1.82) is 0 Å². The first-order valence-electron chi connectivity index (χ1n) is 5.99. The molecule has 1 unspecified atom stereocenters. The average Bonchev–Trinajstić information content (AvgIpc) is 2.64. The zero-order chi connectivity index (χ0) is 12.1. The van der Waals surface area contributed by atoms with Crippen LogP contribution in [0.5, 0.6) is 0 Å². The third kappa shape index (κ3) is 2.93. The number of amides is 1. The number of carbonyl (C=O) groups excluding carboxylic acids is 1. The molecular weight excluding hydrogens is 216 g/mol. The maximum atomic E-state index is 10.8. The van der Waals surface area contributed by atoms with Gasteiger partial charge in [0.25, 0.3) is 0 Å². The van der Waals surface area contributed by atoms with Crippen molar-refractivity contribution in [1.82, 2.24) is 14.9 Å². The van der Waals surface area contributed by atoms with Gasteiger partial charge in [-0.1, -0.05) is 0 Å². The first kappa shape index (κ1) is 11.8. The molecule has 5 heteroatoms. The van der Waals surface area contributed by atoms with Crippen molar-refractivity contribution >= 4 is 12.2 Å². The lowest BCUT2D eigenvalue weighted by atomic mass is 10.1. The third-order valence-electron chi connectivity index (χ3n) is 3.31. The molecule has 0 N–H and O–H groups in total. The zero-order valence-electron chi connectivity index (χ0n) is 10.1. The van der Waals surface area contributed by atoms with Gasteiger partial charge in [-0.2, -0.15) is 0 Å². The van der Waals surface area contributed by atoms with Crippen LogP contribution in [0.2, 0.25) is 0 Å². The van der Waals surface area contributed by atoms with Crippen molar-refractivity contribution in [2.75, 3.05) is 25.0 Å². The Hall–Kier alpha value is -1.65. The summed E-state index contributed by atoms with van der Waals surface area (Å²) in [6.07, 6.45) is 9.25. The van der Waals surface area contributed by atoms with Crippen molar-refractivity contribution in [3.8, 4) is 0 Å². The Balaban J connectivity index is 1.99. The molecule has 1 aliphatic rings. The summed E-state index contributed by atoms with van der Waals surface area (Å²) in [5.74, 6) is 0.932. The van der Waals surface area contributed by atoms with Crippen molar-refractivity contribution in [2.24, 2.45) is 0 Å². The minimum atomic E-state index is 0.356. The molecular formula is C12H18N4O. The van der Waals surface area contributed by atoms with Crippen LogP contribution in [-0.2, 0) is 4.79 Å². The molecule has 0 aromatic carbocycles. The molecule has 1 aromatic heterocycles. The van der Waals surface area contributed by atoms with Gasteiger partial charge in [0.15, 0.2) is 0 Å². The van der Waals surface area contributed by atoms with E-state index in [4.69, 9.17) is 0 Å². The van der Waals surface area contributed by atoms with E-state index in [0.29, 0.717) is 6.04 Å². The van der Waals surface area contributed by atoms with E-state index in [2.05, 4.69) is 14.9 Å². The Bertz CT molecular complexity index is 357. The molecule has 1 amide bonds. The Morgan fingerprint density at radius 2 is 2.29 bits per heavy atom. The number of hydrogen-bond donors (Lipinski definition) is 0. The molecule has 2 heterocycles. The fraction of sp³-hybridized carbons (Fsp3) is 0.583. The van der Waals surface area contributed by atoms with E-state index in [1.54, 1.807) is 23.5 Å². The van der Waals surface area contributed by atoms with E-state index in [0.717, 1.165) is 44.6 Å². The Labute approximate surface area is 101 Å². The van der Waals surface area contributed by atoms with Gasteiger partial charge in [-0.25, -0.2) is 4.98 Å². The smallest absolute Gasteiger partial charge is 0.209 e. The van der Waals surface area contributed by atoms with Crippen LogP contribution in [0.25, 0.3) is 0 Å². The van der Waals surface area contributed by atoms with E-state index in [-0.39, 0.29) is 0 Å². The van der Waals surface area contributed by atoms with Gasteiger partial charge in [-0.15, -0.1) is 0 Å². The summed E-state index contributed by atoms with van der Waals surface area (Å²) in [4.78, 5) is 23.2. The normalized spacial score (nSPS) is 20.8. The summed E-state index contributed by atoms with van der Waals surface area (Å²) in [5, 5.41) is 0. The second-order valence-corrected chi connectivity index (χ2v) is 4.41. The third-order valence-corrected chi connectivity index (χ3v) is 3.31. The fourth-order valence-electron chi connectivity index (χ4n) is 2.26. The minimum Gasteiger partial charge on any atom is -0.355 e. The molecule has 0 aliphatic carbocycles. The summed E-state index contributed by atoms with van der Waals surface area (Å²) in [5.41, 5.74) is 0. The van der Waals surface area contributed by atoms with Gasteiger partial charge in [-0.05, 0) is 19.3 Å². The largest absolute Gasteiger partial charge is 0.355 e. The van der Waals surface area contributed by atoms with Gasteiger partial charge >= 0.3 is 0 Å². The molecule has 2 rings (SSSR count). The number of hydrogen-bond acceptors (Lipinski definition) is 4. The van der Waals surface area contributed by atoms with Gasteiger partial charge in [0.2, 0.25) is 6.41 Å². The molecule has 0 spiro atoms. The van der Waals surface area contributed by atoms with Gasteiger partial charge in [0.05, 0.1) is 6.20 Å². The standard InChI is InChI=1S/C12H18N4O/c1-15(10-17)11-3-2-7-16(8-4-11)12-9-13-5-6-14-12/h5-6,9-11H,2-4,7-8H2,1H3. The van der Waals surface area contributed by atoms with Crippen LogP contribution in [0.3, 0.4) is 0 Å². The van der Waals surface area contributed by atoms with Crippen molar-refractivity contribution < 1.29 is 4.79 Å². The summed E-state index contributed by atoms with van der Waals surface area (Å²) in [7, 11) is 1.86. The molecule has 5 nitrogen and oxygen atoms in total. The zero-order valence-corrected chi connectivity index (χ0v) is 10.1. The monoisotopic (exact) mass is 234 g/mol. The van der Waals surface area contributed by atoms with Gasteiger partial charge in [-0.3, -0.25) is 9.78 Å². The molecule has 1 atom stereocenters. The van der Waals surface area contributed by atoms with Gasteiger partial charge in [0, 0.05) is 38.6 Å². The number of carbonyl (C=O) groups is 1. The van der Waals surface area contributed by atoms with Crippen molar-refractivity contribution in [3.63, 3.8) is 0 Å². The Kier molecular flexibility index (Phi) is 3.90. The molecule has 1 aromatic rings. The average molecular weight is 234 g/mol. The summed E-state index contributed by atoms with van der Waals surface area (Å²) < 4.78 is 0. The first-order chi connectivity index (χ1) is 8.31. The summed E-state index contributed by atoms with van der Waals surface area (Å²) in [6, 6.07) is 0.356. The van der Waals surface area contributed by atoms with Crippen LogP contribution in [0.1, 0.15) is 19.3 Å². The number of rotatable bonds is 3. The number of aromatic nitrogens is 2. The lowest BCUT2D eigenvalue weighted by Gasteiger charge is -2.23. The van der Waals surface area contributed by atoms with Crippen LogP contribution >= 0.6 is 0 Å². The van der Waals surface area contributed by atoms with Gasteiger partial charge in [0.1, 0.15) is 5.82 Å². The van der Waals surface area contributed by atoms with E-state index in [1.807, 2.05) is 7.05 Å². The predicted molar refractivity (Wildman–Crippen MR) is 65.7 cm³/mol. The highest BCUT2D eigenvalue weighted by Gasteiger charge is 2.20. The molecule has 0 radical (unpaired) electrons. The number of anilines is 1. The lowest BCUT2D eigenvalue weighted by Crippen LogP contribution is -2.32. The molecule has 17 heavy (non-hydrogen) atoms. The van der Waals surface area contributed by atoms with Crippen LogP contribution in [0.4, 0.5) is 5.82 Å². The number of nitrogens with zero attached hydrogens (tertiary/aromatic N) is 4. The van der Waals surface area contributed by atoms with E-state index in [1.165, 1.54) is 0 Å². The van der Waals surface area contributed by atoms with Crippen LogP contribution in [-0.4, -0.2) is 47.5 Å². The van der Waals surface area contributed by atoms with Crippen molar-refractivity contribution in [3.05, 3.63) is 18.6 Å². The molecule has 1 fully saturated rings. The molecule has 92 valence electrons. The lowest BCUT2D eigenvalue weighted by molar-refractivity contribution is -0.118. The van der Waals surface area contributed by atoms with Crippen LogP contribution in [0, 0.1) is 0 Å². The highest BCUT2D eigenvalue weighted by molar-refractivity contribution is 5.47. The molecule has 0 saturated carbocycles. The van der Waals surface area contributed by atoms with Crippen molar-refractivity contribution in [2.45, 2.75) is 25.3 Å². The highest BCUT2D eigenvalue weighted by Crippen LogP contribution is 2.18. The minimum absolute atomic E-state index is 0.356. The van der Waals surface area contributed by atoms with Gasteiger partial charge < -0.3 is 9.80 Å². The van der Waals surface area contributed by atoms with Crippen LogP contribution < -0.4 is 4.90 Å². The predicted octanol–water partition coefficient (Wildman–Crippen LogP) is 0.924. The SMILES string of the molecule is CN(C=O)C1CCCN(c2cnccn2)CC1. The maximum absolute atomic E-state index is 10.8. The van der Waals surface area contributed by atoms with E-state index < -0.39 is 0 Å². The Morgan fingerprint density at radius 1 is 1.41 bits per heavy atom. The Morgan fingerprint density at radius 3 is 3.00 bits per heavy atom. The quantitative estimate of drug-likeness (QED) is 0.730. The molecule has 1 aliphatic heterocycles. The maximum Gasteiger partial charge on any atom is 0.209 e. The highest BCUT2D eigenvalue weighted by atomic mass is 16.1.